The zero-order chi connectivity index (χ0) is 19.5. The fraction of sp³-hybridized carbons (Fsp3) is 0.0909. The molecular weight excluding hydrogens is 374 g/mol. The molecule has 140 valence electrons. The molecule has 6 heteroatoms. The fourth-order valence-corrected chi connectivity index (χ4v) is 4.06. The van der Waals surface area contributed by atoms with Crippen LogP contribution in [0.1, 0.15) is 10.4 Å². The smallest absolute Gasteiger partial charge is 0.338 e. The second kappa shape index (κ2) is 7.78. The molecule has 0 bridgehead atoms. The number of hydrogen-bond donors (Lipinski definition) is 0. The minimum absolute atomic E-state index is 0.309. The summed E-state index contributed by atoms with van der Waals surface area (Å²) in [7, 11) is 1.53. The first kappa shape index (κ1) is 18.1. The highest BCUT2D eigenvalue weighted by Gasteiger charge is 2.28. The zero-order valence-electron chi connectivity index (χ0n) is 15.1. The maximum Gasteiger partial charge on any atom is 0.338 e. The highest BCUT2D eigenvalue weighted by Crippen LogP contribution is 2.47. The van der Waals surface area contributed by atoms with Gasteiger partial charge in [0.15, 0.2) is 6.61 Å². The van der Waals surface area contributed by atoms with Crippen LogP contribution in [0.4, 0.5) is 11.4 Å². The van der Waals surface area contributed by atoms with E-state index >= 15 is 0 Å². The van der Waals surface area contributed by atoms with Crippen LogP contribution in [0.25, 0.3) is 0 Å². The molecule has 0 saturated carbocycles. The Morgan fingerprint density at radius 3 is 2.18 bits per heavy atom. The van der Waals surface area contributed by atoms with Crippen molar-refractivity contribution in [3.8, 4) is 5.75 Å². The van der Waals surface area contributed by atoms with Crippen molar-refractivity contribution in [1.29, 1.82) is 0 Å². The number of anilines is 2. The summed E-state index contributed by atoms with van der Waals surface area (Å²) in [6, 6.07) is 22.0. The first-order chi connectivity index (χ1) is 13.7. The van der Waals surface area contributed by atoms with E-state index in [-0.39, 0.29) is 12.5 Å². The predicted octanol–water partition coefficient (Wildman–Crippen LogP) is 4.68. The van der Waals surface area contributed by atoms with E-state index in [0.29, 0.717) is 11.3 Å². The van der Waals surface area contributed by atoms with Crippen LogP contribution in [0.5, 0.6) is 5.75 Å². The summed E-state index contributed by atoms with van der Waals surface area (Å²) >= 11 is 1.61. The van der Waals surface area contributed by atoms with Crippen molar-refractivity contribution in [3.05, 3.63) is 78.4 Å². The molecule has 0 atom stereocenters. The van der Waals surface area contributed by atoms with Crippen LogP contribution in [0, 0.1) is 0 Å². The molecule has 0 unspecified atom stereocenters. The van der Waals surface area contributed by atoms with Crippen molar-refractivity contribution < 1.29 is 19.1 Å². The number of fused-ring (bicyclic) bond motifs is 2. The largest absolute Gasteiger partial charge is 0.497 e. The lowest BCUT2D eigenvalue weighted by Gasteiger charge is -2.30. The predicted molar refractivity (Wildman–Crippen MR) is 107 cm³/mol. The van der Waals surface area contributed by atoms with E-state index in [4.69, 9.17) is 9.47 Å². The van der Waals surface area contributed by atoms with E-state index in [2.05, 4.69) is 0 Å². The molecule has 0 N–H and O–H groups in total. The van der Waals surface area contributed by atoms with Crippen molar-refractivity contribution in [2.75, 3.05) is 18.6 Å². The van der Waals surface area contributed by atoms with Gasteiger partial charge in [-0.2, -0.15) is 0 Å². The van der Waals surface area contributed by atoms with Gasteiger partial charge in [0.1, 0.15) is 5.75 Å². The summed E-state index contributed by atoms with van der Waals surface area (Å²) in [6.45, 7) is -0.358. The maximum absolute atomic E-state index is 13.0. The number of hydrogen-bond acceptors (Lipinski definition) is 5. The topological polar surface area (TPSA) is 55.8 Å². The highest BCUT2D eigenvalue weighted by atomic mass is 32.2. The number of carbonyl (C=O) groups excluding carboxylic acids is 2. The van der Waals surface area contributed by atoms with Crippen molar-refractivity contribution in [2.24, 2.45) is 0 Å². The van der Waals surface area contributed by atoms with Crippen molar-refractivity contribution in [1.82, 2.24) is 0 Å². The lowest BCUT2D eigenvalue weighted by atomic mass is 10.2. The van der Waals surface area contributed by atoms with Gasteiger partial charge in [0.25, 0.3) is 5.91 Å². The molecule has 0 fully saturated rings. The SMILES string of the molecule is COc1cccc(C(=O)OCC(=O)N2c3ccccc3Sc3ccccc32)c1. The first-order valence-electron chi connectivity index (χ1n) is 8.67. The molecule has 0 radical (unpaired) electrons. The molecule has 0 spiro atoms. The number of ether oxygens (including phenoxy) is 2. The molecule has 0 aliphatic carbocycles. The van der Waals surface area contributed by atoms with Gasteiger partial charge in [-0.3, -0.25) is 9.69 Å². The van der Waals surface area contributed by atoms with E-state index in [0.717, 1.165) is 21.2 Å². The number of rotatable bonds is 4. The number of para-hydroxylation sites is 2. The third-order valence-corrected chi connectivity index (χ3v) is 5.44. The Hall–Kier alpha value is -3.25. The summed E-state index contributed by atoms with van der Waals surface area (Å²) in [4.78, 5) is 28.9. The van der Waals surface area contributed by atoms with Gasteiger partial charge in [0, 0.05) is 9.79 Å². The third kappa shape index (κ3) is 3.46. The Morgan fingerprint density at radius 1 is 0.893 bits per heavy atom. The van der Waals surface area contributed by atoms with Crippen LogP contribution >= 0.6 is 11.8 Å². The fourth-order valence-electron chi connectivity index (χ4n) is 3.00. The summed E-state index contributed by atoms with van der Waals surface area (Å²) in [5.41, 5.74) is 1.91. The number of esters is 1. The summed E-state index contributed by atoms with van der Waals surface area (Å²) < 4.78 is 10.4. The van der Waals surface area contributed by atoms with Crippen LogP contribution in [0.15, 0.2) is 82.6 Å². The number of benzene rings is 3. The van der Waals surface area contributed by atoms with Crippen LogP contribution < -0.4 is 9.64 Å². The molecule has 5 nitrogen and oxygen atoms in total. The van der Waals surface area contributed by atoms with Gasteiger partial charge < -0.3 is 9.47 Å². The lowest BCUT2D eigenvalue weighted by molar-refractivity contribution is -0.121. The average Bonchev–Trinajstić information content (AvgIpc) is 2.75. The van der Waals surface area contributed by atoms with Gasteiger partial charge in [-0.15, -0.1) is 0 Å². The molecule has 0 aromatic heterocycles. The van der Waals surface area contributed by atoms with Gasteiger partial charge in [0.05, 0.1) is 24.0 Å². The van der Waals surface area contributed by atoms with Gasteiger partial charge in [-0.25, -0.2) is 4.79 Å². The first-order valence-corrected chi connectivity index (χ1v) is 9.49. The molecule has 1 amide bonds. The van der Waals surface area contributed by atoms with Gasteiger partial charge in [0.2, 0.25) is 0 Å². The van der Waals surface area contributed by atoms with Gasteiger partial charge >= 0.3 is 5.97 Å². The number of methoxy groups -OCH3 is 1. The van der Waals surface area contributed by atoms with Gasteiger partial charge in [-0.1, -0.05) is 42.1 Å². The van der Waals surface area contributed by atoms with Crippen molar-refractivity contribution in [3.63, 3.8) is 0 Å². The quantitative estimate of drug-likeness (QED) is 0.605. The summed E-state index contributed by atoms with van der Waals surface area (Å²) in [5.74, 6) is -0.326. The molecular formula is C22H17NO4S. The molecule has 1 heterocycles. The average molecular weight is 391 g/mol. The Bertz CT molecular complexity index is 1000. The second-order valence-corrected chi connectivity index (χ2v) is 7.16. The monoisotopic (exact) mass is 391 g/mol. The number of nitrogens with zero attached hydrogens (tertiary/aromatic N) is 1. The van der Waals surface area contributed by atoms with E-state index < -0.39 is 5.97 Å². The van der Waals surface area contributed by atoms with E-state index in [1.165, 1.54) is 7.11 Å². The third-order valence-electron chi connectivity index (χ3n) is 4.31. The normalized spacial score (nSPS) is 12.0. The van der Waals surface area contributed by atoms with E-state index in [1.54, 1.807) is 40.9 Å². The summed E-state index contributed by atoms with van der Waals surface area (Å²) in [5, 5.41) is 0. The molecule has 0 saturated heterocycles. The van der Waals surface area contributed by atoms with Crippen LogP contribution in [0.2, 0.25) is 0 Å². The van der Waals surface area contributed by atoms with Crippen molar-refractivity contribution >= 4 is 35.0 Å². The molecule has 3 aromatic carbocycles. The van der Waals surface area contributed by atoms with Crippen LogP contribution in [0.3, 0.4) is 0 Å². The minimum Gasteiger partial charge on any atom is -0.497 e. The standard InChI is InChI=1S/C22H17NO4S/c1-26-16-8-6-7-15(13-16)22(25)27-14-21(24)23-17-9-2-4-11-19(17)28-20-12-5-3-10-18(20)23/h2-13H,14H2,1H3. The number of carbonyl (C=O) groups is 2. The van der Waals surface area contributed by atoms with Crippen LogP contribution in [-0.2, 0) is 9.53 Å². The molecule has 4 rings (SSSR count). The molecule has 3 aromatic rings. The molecule has 28 heavy (non-hydrogen) atoms. The van der Waals surface area contributed by atoms with E-state index in [9.17, 15) is 9.59 Å². The molecule has 1 aliphatic rings. The lowest BCUT2D eigenvalue weighted by Crippen LogP contribution is -2.32. The second-order valence-electron chi connectivity index (χ2n) is 6.07. The summed E-state index contributed by atoms with van der Waals surface area (Å²) in [6.07, 6.45) is 0. The van der Waals surface area contributed by atoms with Gasteiger partial charge in [-0.05, 0) is 42.5 Å². The zero-order valence-corrected chi connectivity index (χ0v) is 15.9. The minimum atomic E-state index is -0.569. The van der Waals surface area contributed by atoms with E-state index in [1.807, 2.05) is 48.5 Å². The highest BCUT2D eigenvalue weighted by molar-refractivity contribution is 7.99. The maximum atomic E-state index is 13.0. The Balaban J connectivity index is 1.56. The Kier molecular flexibility index (Phi) is 5.04. The Morgan fingerprint density at radius 2 is 1.54 bits per heavy atom. The molecule has 1 aliphatic heterocycles. The van der Waals surface area contributed by atoms with Crippen molar-refractivity contribution in [2.45, 2.75) is 9.79 Å². The Labute approximate surface area is 166 Å². The van der Waals surface area contributed by atoms with Crippen LogP contribution in [-0.4, -0.2) is 25.6 Å². The number of amides is 1.